The first-order valence-corrected chi connectivity index (χ1v) is 2.00. The molecule has 4 heteroatoms. The molecular weight excluding hydrogens is 148 g/mol. The van der Waals surface area contributed by atoms with Crippen LogP contribution in [-0.4, -0.2) is 52.7 Å². The van der Waals surface area contributed by atoms with E-state index < -0.39 is 0 Å². The smallest absolute Gasteiger partial charge is 1.00 e. The van der Waals surface area contributed by atoms with Crippen LogP contribution < -0.4 is 17.5 Å². The fraction of sp³-hybridized carbons (Fsp3) is 1.00. The van der Waals surface area contributed by atoms with Gasteiger partial charge in [0.1, 0.15) is 0 Å². The second kappa shape index (κ2) is 23.3. The van der Waals surface area contributed by atoms with Crippen molar-refractivity contribution >= 4 is 46.1 Å². The molecule has 0 atom stereocenters. The Morgan fingerprint density at radius 2 is 1.75 bits per heavy atom. The molecule has 0 N–H and O–H groups in total. The van der Waals surface area contributed by atoms with Gasteiger partial charge in [-0.25, -0.2) is 0 Å². The molecule has 0 heterocycles. The van der Waals surface area contributed by atoms with Crippen molar-refractivity contribution in [2.75, 3.05) is 6.61 Å². The van der Waals surface area contributed by atoms with Crippen LogP contribution in [0.2, 0.25) is 0 Å². The zero-order valence-corrected chi connectivity index (χ0v) is 8.91. The molecule has 1 nitrogen and oxygen atoms in total. The van der Waals surface area contributed by atoms with E-state index in [1.54, 1.807) is 0 Å². The van der Waals surface area contributed by atoms with E-state index in [1.165, 1.54) is 0 Å². The Bertz CT molecular complexity index is 21.5. The molecule has 0 unspecified atom stereocenters. The maximum atomic E-state index is 9.53. The van der Waals surface area contributed by atoms with Crippen LogP contribution in [0, 0.1) is 0 Å². The zero-order valence-electron chi connectivity index (χ0n) is 5.32. The molecule has 0 aromatic carbocycles. The Labute approximate surface area is 89.3 Å². The number of unbranched alkanes of at least 4 members (excludes halogenated alkanes) is 1. The SMILES string of the molecule is CCCC[O-].[Cl-].[Mg+2].[Mg]. The largest absolute Gasteiger partial charge is 2.00 e. The van der Waals surface area contributed by atoms with Gasteiger partial charge in [0.05, 0.1) is 0 Å². The Hall–Kier alpha value is 1.78. The molecule has 0 aliphatic rings. The van der Waals surface area contributed by atoms with Gasteiger partial charge in [0.15, 0.2) is 0 Å². The standard InChI is InChI=1S/C4H9O.ClH.2Mg/c1-2-3-4-5;;;/h2-4H2,1H3;1H;;/q-1;;;+2/p-1. The average molecular weight is 157 g/mol. The van der Waals surface area contributed by atoms with Gasteiger partial charge in [0, 0.05) is 23.1 Å². The minimum absolute atomic E-state index is 0. The minimum Gasteiger partial charge on any atom is -1.00 e. The van der Waals surface area contributed by atoms with Crippen molar-refractivity contribution in [1.82, 2.24) is 0 Å². The predicted molar refractivity (Wildman–Crippen MR) is 31.3 cm³/mol. The minimum atomic E-state index is 0. The first kappa shape index (κ1) is 22.6. The van der Waals surface area contributed by atoms with Crippen molar-refractivity contribution in [2.45, 2.75) is 19.8 Å². The molecule has 0 rings (SSSR count). The van der Waals surface area contributed by atoms with E-state index in [2.05, 4.69) is 0 Å². The molecule has 0 amide bonds. The third-order valence-corrected chi connectivity index (χ3v) is 0.498. The Balaban J connectivity index is -0.0000000267. The summed E-state index contributed by atoms with van der Waals surface area (Å²) in [6, 6.07) is 0. The van der Waals surface area contributed by atoms with Crippen LogP contribution in [0.5, 0.6) is 0 Å². The van der Waals surface area contributed by atoms with Crippen molar-refractivity contribution in [1.29, 1.82) is 0 Å². The van der Waals surface area contributed by atoms with Gasteiger partial charge in [0.2, 0.25) is 0 Å². The van der Waals surface area contributed by atoms with Gasteiger partial charge in [-0.15, -0.1) is 6.61 Å². The molecule has 0 bridgehead atoms. The van der Waals surface area contributed by atoms with Crippen LogP contribution in [0.1, 0.15) is 19.8 Å². The summed E-state index contributed by atoms with van der Waals surface area (Å²) in [6.45, 7) is 2.11. The van der Waals surface area contributed by atoms with E-state index in [-0.39, 0.29) is 65.1 Å². The van der Waals surface area contributed by atoms with Gasteiger partial charge >= 0.3 is 23.1 Å². The molecule has 0 aromatic rings. The monoisotopic (exact) mass is 156 g/mol. The quantitative estimate of drug-likeness (QED) is 0.380. The fourth-order valence-corrected chi connectivity index (χ4v) is 0.144. The van der Waals surface area contributed by atoms with Crippen LogP contribution in [-0.2, 0) is 0 Å². The van der Waals surface area contributed by atoms with Crippen molar-refractivity contribution in [3.63, 3.8) is 0 Å². The molecule has 42 valence electrons. The number of rotatable bonds is 2. The number of halogens is 1. The van der Waals surface area contributed by atoms with E-state index in [9.17, 15) is 5.11 Å². The van der Waals surface area contributed by atoms with Gasteiger partial charge in [-0.05, 0) is 0 Å². The molecule has 0 aliphatic carbocycles. The number of hydrogen-bond donors (Lipinski definition) is 0. The summed E-state index contributed by atoms with van der Waals surface area (Å²) in [6.07, 6.45) is 1.86. The molecule has 2 radical (unpaired) electrons. The summed E-state index contributed by atoms with van der Waals surface area (Å²) in [7, 11) is 0. The second-order valence-electron chi connectivity index (χ2n) is 1.06. The van der Waals surface area contributed by atoms with Crippen LogP contribution in [0.15, 0.2) is 0 Å². The summed E-state index contributed by atoms with van der Waals surface area (Å²) in [5, 5.41) is 9.53. The summed E-state index contributed by atoms with van der Waals surface area (Å²) in [5.74, 6) is 0. The Kier molecular flexibility index (Phi) is 65.6. The maximum Gasteiger partial charge on any atom is 2.00 e. The van der Waals surface area contributed by atoms with Gasteiger partial charge < -0.3 is 17.5 Å². The summed E-state index contributed by atoms with van der Waals surface area (Å²) in [4.78, 5) is 0. The molecule has 8 heavy (non-hydrogen) atoms. The van der Waals surface area contributed by atoms with Crippen LogP contribution >= 0.6 is 0 Å². The van der Waals surface area contributed by atoms with Crippen molar-refractivity contribution in [3.05, 3.63) is 0 Å². The fourth-order valence-electron chi connectivity index (χ4n) is 0.144. The maximum absolute atomic E-state index is 9.53. The van der Waals surface area contributed by atoms with Gasteiger partial charge in [-0.3, -0.25) is 0 Å². The van der Waals surface area contributed by atoms with E-state index in [4.69, 9.17) is 0 Å². The van der Waals surface area contributed by atoms with E-state index in [0.29, 0.717) is 0 Å². The van der Waals surface area contributed by atoms with Gasteiger partial charge in [-0.1, -0.05) is 19.8 Å². The van der Waals surface area contributed by atoms with Crippen molar-refractivity contribution < 1.29 is 17.5 Å². The normalized spacial score (nSPS) is 5.25. The first-order valence-electron chi connectivity index (χ1n) is 2.00. The third-order valence-electron chi connectivity index (χ3n) is 0.498. The second-order valence-corrected chi connectivity index (χ2v) is 1.06. The third kappa shape index (κ3) is 25.0. The molecule has 0 saturated carbocycles. The molecule has 0 saturated heterocycles. The molecular formula is C4H9ClMg2O. The van der Waals surface area contributed by atoms with Gasteiger partial charge in [0.25, 0.3) is 0 Å². The average Bonchev–Trinajstić information content (AvgIpc) is 1.41. The predicted octanol–water partition coefficient (Wildman–Crippen LogP) is -3.61. The summed E-state index contributed by atoms with van der Waals surface area (Å²) >= 11 is 0. The number of hydrogen-bond acceptors (Lipinski definition) is 1. The molecule has 0 spiro atoms. The van der Waals surface area contributed by atoms with E-state index >= 15 is 0 Å². The summed E-state index contributed by atoms with van der Waals surface area (Å²) in [5.41, 5.74) is 0. The van der Waals surface area contributed by atoms with Crippen molar-refractivity contribution in [2.24, 2.45) is 0 Å². The van der Waals surface area contributed by atoms with Crippen LogP contribution in [0.4, 0.5) is 0 Å². The van der Waals surface area contributed by atoms with Gasteiger partial charge in [-0.2, -0.15) is 0 Å². The van der Waals surface area contributed by atoms with E-state index in [1.807, 2.05) is 6.92 Å². The molecule has 0 aromatic heterocycles. The Morgan fingerprint density at radius 1 is 1.38 bits per heavy atom. The zero-order chi connectivity index (χ0) is 4.12. The van der Waals surface area contributed by atoms with Crippen LogP contribution in [0.3, 0.4) is 0 Å². The molecule has 0 fully saturated rings. The first-order chi connectivity index (χ1) is 2.41. The van der Waals surface area contributed by atoms with Crippen LogP contribution in [0.25, 0.3) is 0 Å². The van der Waals surface area contributed by atoms with Crippen molar-refractivity contribution in [3.8, 4) is 0 Å². The summed E-state index contributed by atoms with van der Waals surface area (Å²) < 4.78 is 0. The molecule has 0 aliphatic heterocycles. The van der Waals surface area contributed by atoms with E-state index in [0.717, 1.165) is 12.8 Å². The topological polar surface area (TPSA) is 23.1 Å². The Morgan fingerprint density at radius 3 is 1.75 bits per heavy atom.